The van der Waals surface area contributed by atoms with Crippen molar-refractivity contribution < 1.29 is 9.53 Å². The van der Waals surface area contributed by atoms with Crippen LogP contribution in [0.5, 0.6) is 5.75 Å². The van der Waals surface area contributed by atoms with Crippen LogP contribution < -0.4 is 20.7 Å². The minimum Gasteiger partial charge on any atom is -0.496 e. The first-order valence-corrected chi connectivity index (χ1v) is 10.2. The number of carbonyl (C=O) groups is 1. The molecule has 0 aliphatic carbocycles. The standard InChI is InChI=1S/C20H32ClN5O2/c1-4-9-23-19(27)14-26-10-7-17(8-11-26)25-20(22-2)24-13-15-5-6-16(21)12-18(15)28-3/h5-6,12,17H,4,7-11,13-14H2,1-3H3,(H,23,27)(H2,22,24,25). The van der Waals surface area contributed by atoms with E-state index in [1.54, 1.807) is 20.2 Å². The van der Waals surface area contributed by atoms with Crippen molar-refractivity contribution in [2.75, 3.05) is 40.3 Å². The molecular weight excluding hydrogens is 378 g/mol. The number of likely N-dealkylation sites (tertiary alicyclic amines) is 1. The molecule has 0 saturated carbocycles. The molecular formula is C20H32ClN5O2. The summed E-state index contributed by atoms with van der Waals surface area (Å²) in [4.78, 5) is 18.4. The number of benzene rings is 1. The lowest BCUT2D eigenvalue weighted by Crippen LogP contribution is -2.50. The van der Waals surface area contributed by atoms with Gasteiger partial charge in [0, 0.05) is 49.9 Å². The second kappa shape index (κ2) is 11.8. The number of ether oxygens (including phenoxy) is 1. The number of nitrogens with zero attached hydrogens (tertiary/aromatic N) is 2. The van der Waals surface area contributed by atoms with Crippen LogP contribution in [0.1, 0.15) is 31.7 Å². The summed E-state index contributed by atoms with van der Waals surface area (Å²) in [6.07, 6.45) is 2.92. The molecule has 156 valence electrons. The number of piperidine rings is 1. The Morgan fingerprint density at radius 2 is 2.07 bits per heavy atom. The number of aliphatic imine (C=N–C) groups is 1. The number of hydrogen-bond acceptors (Lipinski definition) is 4. The van der Waals surface area contributed by atoms with Crippen LogP contribution in [0.15, 0.2) is 23.2 Å². The van der Waals surface area contributed by atoms with Crippen LogP contribution in [-0.4, -0.2) is 63.1 Å². The molecule has 2 rings (SSSR count). The van der Waals surface area contributed by atoms with E-state index in [1.807, 2.05) is 12.1 Å². The molecule has 1 aromatic rings. The number of halogens is 1. The Labute approximate surface area is 172 Å². The quantitative estimate of drug-likeness (QED) is 0.452. The number of amides is 1. The van der Waals surface area contributed by atoms with Gasteiger partial charge in [-0.3, -0.25) is 14.7 Å². The molecule has 0 bridgehead atoms. The summed E-state index contributed by atoms with van der Waals surface area (Å²) < 4.78 is 5.39. The monoisotopic (exact) mass is 409 g/mol. The Hall–Kier alpha value is -1.99. The lowest BCUT2D eigenvalue weighted by molar-refractivity contribution is -0.122. The van der Waals surface area contributed by atoms with Crippen molar-refractivity contribution in [1.82, 2.24) is 20.9 Å². The van der Waals surface area contributed by atoms with Gasteiger partial charge in [-0.05, 0) is 31.4 Å². The maximum Gasteiger partial charge on any atom is 0.234 e. The number of carbonyl (C=O) groups excluding carboxylic acids is 1. The highest BCUT2D eigenvalue weighted by Gasteiger charge is 2.21. The number of rotatable bonds is 8. The molecule has 3 N–H and O–H groups in total. The van der Waals surface area contributed by atoms with Gasteiger partial charge in [-0.2, -0.15) is 0 Å². The maximum atomic E-state index is 11.9. The largest absolute Gasteiger partial charge is 0.496 e. The molecule has 0 radical (unpaired) electrons. The van der Waals surface area contributed by atoms with Crippen molar-refractivity contribution in [3.63, 3.8) is 0 Å². The SMILES string of the molecule is CCCNC(=O)CN1CCC(NC(=NC)NCc2ccc(Cl)cc2OC)CC1. The minimum atomic E-state index is 0.114. The Morgan fingerprint density at radius 3 is 2.71 bits per heavy atom. The van der Waals surface area contributed by atoms with Crippen LogP contribution in [0.3, 0.4) is 0 Å². The molecule has 1 saturated heterocycles. The van der Waals surface area contributed by atoms with Crippen molar-refractivity contribution >= 4 is 23.5 Å². The summed E-state index contributed by atoms with van der Waals surface area (Å²) in [7, 11) is 3.40. The van der Waals surface area contributed by atoms with Gasteiger partial charge in [0.1, 0.15) is 5.75 Å². The molecule has 8 heteroatoms. The highest BCUT2D eigenvalue weighted by molar-refractivity contribution is 6.30. The third-order valence-corrected chi connectivity index (χ3v) is 5.02. The summed E-state index contributed by atoms with van der Waals surface area (Å²) >= 11 is 6.02. The predicted molar refractivity (Wildman–Crippen MR) is 114 cm³/mol. The van der Waals surface area contributed by atoms with Crippen LogP contribution in [-0.2, 0) is 11.3 Å². The minimum absolute atomic E-state index is 0.114. The average molecular weight is 410 g/mol. The van der Waals surface area contributed by atoms with Crippen LogP contribution in [0.2, 0.25) is 5.02 Å². The first-order valence-electron chi connectivity index (χ1n) is 9.84. The van der Waals surface area contributed by atoms with Gasteiger partial charge in [-0.1, -0.05) is 24.6 Å². The first-order chi connectivity index (χ1) is 13.5. The normalized spacial score (nSPS) is 15.9. The molecule has 0 spiro atoms. The second-order valence-corrected chi connectivity index (χ2v) is 7.36. The Balaban J connectivity index is 1.76. The fourth-order valence-electron chi connectivity index (χ4n) is 3.19. The number of nitrogens with one attached hydrogen (secondary N) is 3. The van der Waals surface area contributed by atoms with Gasteiger partial charge in [0.05, 0.1) is 13.7 Å². The lowest BCUT2D eigenvalue weighted by Gasteiger charge is -2.32. The number of guanidine groups is 1. The van der Waals surface area contributed by atoms with Crippen LogP contribution in [0.25, 0.3) is 0 Å². The van der Waals surface area contributed by atoms with Crippen molar-refractivity contribution in [1.29, 1.82) is 0 Å². The molecule has 1 aliphatic heterocycles. The Morgan fingerprint density at radius 1 is 1.32 bits per heavy atom. The maximum absolute atomic E-state index is 11.9. The highest BCUT2D eigenvalue weighted by atomic mass is 35.5. The zero-order valence-electron chi connectivity index (χ0n) is 17.1. The molecule has 28 heavy (non-hydrogen) atoms. The third-order valence-electron chi connectivity index (χ3n) is 4.79. The van der Waals surface area contributed by atoms with Gasteiger partial charge in [0.2, 0.25) is 5.91 Å². The van der Waals surface area contributed by atoms with Crippen LogP contribution >= 0.6 is 11.6 Å². The fourth-order valence-corrected chi connectivity index (χ4v) is 3.35. The predicted octanol–water partition coefficient (Wildman–Crippen LogP) is 2.00. The number of hydrogen-bond donors (Lipinski definition) is 3. The van der Waals surface area contributed by atoms with E-state index < -0.39 is 0 Å². The summed E-state index contributed by atoms with van der Waals surface area (Å²) in [6.45, 7) is 5.68. The molecule has 1 heterocycles. The van der Waals surface area contributed by atoms with E-state index in [4.69, 9.17) is 16.3 Å². The van der Waals surface area contributed by atoms with E-state index in [-0.39, 0.29) is 5.91 Å². The third kappa shape index (κ3) is 7.20. The van der Waals surface area contributed by atoms with E-state index in [1.165, 1.54) is 0 Å². The summed E-state index contributed by atoms with van der Waals surface area (Å²) in [5, 5.41) is 10.4. The average Bonchev–Trinajstić information content (AvgIpc) is 2.71. The molecule has 0 atom stereocenters. The van der Waals surface area contributed by atoms with Crippen molar-refractivity contribution in [3.05, 3.63) is 28.8 Å². The molecule has 0 unspecified atom stereocenters. The lowest BCUT2D eigenvalue weighted by atomic mass is 10.1. The smallest absolute Gasteiger partial charge is 0.234 e. The van der Waals surface area contributed by atoms with Gasteiger partial charge in [0.25, 0.3) is 0 Å². The number of methoxy groups -OCH3 is 1. The molecule has 0 aromatic heterocycles. The molecule has 1 aromatic carbocycles. The first kappa shape index (κ1) is 22.3. The topological polar surface area (TPSA) is 78.0 Å². The fraction of sp³-hybridized carbons (Fsp3) is 0.600. The van der Waals surface area contributed by atoms with Gasteiger partial charge in [-0.25, -0.2) is 0 Å². The van der Waals surface area contributed by atoms with Crippen LogP contribution in [0.4, 0.5) is 0 Å². The summed E-state index contributed by atoms with van der Waals surface area (Å²) in [5.74, 6) is 1.63. The molecule has 7 nitrogen and oxygen atoms in total. The van der Waals surface area contributed by atoms with Gasteiger partial charge < -0.3 is 20.7 Å². The molecule has 1 amide bonds. The van der Waals surface area contributed by atoms with E-state index in [9.17, 15) is 4.79 Å². The summed E-state index contributed by atoms with van der Waals surface area (Å²) in [5.41, 5.74) is 1.02. The highest BCUT2D eigenvalue weighted by Crippen LogP contribution is 2.22. The molecule has 1 aliphatic rings. The van der Waals surface area contributed by atoms with E-state index in [0.717, 1.165) is 56.2 Å². The van der Waals surface area contributed by atoms with Crippen molar-refractivity contribution in [2.45, 2.75) is 38.8 Å². The second-order valence-electron chi connectivity index (χ2n) is 6.93. The van der Waals surface area contributed by atoms with E-state index >= 15 is 0 Å². The van der Waals surface area contributed by atoms with Gasteiger partial charge in [-0.15, -0.1) is 0 Å². The van der Waals surface area contributed by atoms with Crippen LogP contribution in [0, 0.1) is 0 Å². The van der Waals surface area contributed by atoms with Crippen molar-refractivity contribution in [3.8, 4) is 5.75 Å². The van der Waals surface area contributed by atoms with Crippen molar-refractivity contribution in [2.24, 2.45) is 4.99 Å². The zero-order chi connectivity index (χ0) is 20.4. The van der Waals surface area contributed by atoms with E-state index in [0.29, 0.717) is 24.2 Å². The van der Waals surface area contributed by atoms with E-state index in [2.05, 4.69) is 32.8 Å². The Bertz CT molecular complexity index is 660. The zero-order valence-corrected chi connectivity index (χ0v) is 17.8. The van der Waals surface area contributed by atoms with Gasteiger partial charge in [0.15, 0.2) is 5.96 Å². The summed E-state index contributed by atoms with van der Waals surface area (Å²) in [6, 6.07) is 5.95. The Kier molecular flexibility index (Phi) is 9.37. The molecule has 1 fully saturated rings. The van der Waals surface area contributed by atoms with Gasteiger partial charge >= 0.3 is 0 Å².